The number of benzene rings is 1. The van der Waals surface area contributed by atoms with Crippen molar-refractivity contribution in [2.45, 2.75) is 6.42 Å². The molecule has 0 spiro atoms. The summed E-state index contributed by atoms with van der Waals surface area (Å²) in [6.45, 7) is 0.618. The zero-order valence-electron chi connectivity index (χ0n) is 6.96. The maximum absolute atomic E-state index is 5.96. The highest BCUT2D eigenvalue weighted by molar-refractivity contribution is 6.34. The first kappa shape index (κ1) is 8.53. The molecule has 0 bridgehead atoms. The van der Waals surface area contributed by atoms with Crippen LogP contribution in [0, 0.1) is 0 Å². The Balaban J connectivity index is 2.56. The van der Waals surface area contributed by atoms with Crippen LogP contribution in [0.3, 0.4) is 0 Å². The molecule has 0 aliphatic carbocycles. The number of hydrogen-bond donors (Lipinski definition) is 1. The fraction of sp³-hybridized carbons (Fsp3) is 0.222. The molecule has 0 amide bonds. The van der Waals surface area contributed by atoms with Gasteiger partial charge in [0.1, 0.15) is 0 Å². The minimum Gasteiger partial charge on any atom is -0.355 e. The van der Waals surface area contributed by atoms with Crippen molar-refractivity contribution in [1.29, 1.82) is 0 Å². The van der Waals surface area contributed by atoms with Crippen molar-refractivity contribution in [2.24, 2.45) is 5.73 Å². The molecule has 0 radical (unpaired) electrons. The molecule has 1 heterocycles. The number of hydrogen-bond acceptors (Lipinski definition) is 3. The van der Waals surface area contributed by atoms with E-state index in [0.29, 0.717) is 17.2 Å². The number of halogens is 1. The molecule has 0 saturated carbocycles. The van der Waals surface area contributed by atoms with Crippen LogP contribution in [0.2, 0.25) is 5.02 Å². The lowest BCUT2D eigenvalue weighted by molar-refractivity contribution is 0.456. The number of aromatic nitrogens is 1. The second kappa shape index (κ2) is 3.36. The molecule has 1 aromatic heterocycles. The summed E-state index contributed by atoms with van der Waals surface area (Å²) in [6.07, 6.45) is 2.47. The zero-order valence-corrected chi connectivity index (χ0v) is 7.71. The highest BCUT2D eigenvalue weighted by Gasteiger charge is 2.05. The second-order valence-electron chi connectivity index (χ2n) is 2.86. The van der Waals surface area contributed by atoms with Crippen LogP contribution in [-0.4, -0.2) is 11.7 Å². The summed E-state index contributed by atoms with van der Waals surface area (Å²) in [5.74, 6) is 0. The minimum atomic E-state index is 0.596. The molecule has 0 aliphatic rings. The van der Waals surface area contributed by atoms with Crippen molar-refractivity contribution in [1.82, 2.24) is 5.16 Å². The maximum atomic E-state index is 5.96. The van der Waals surface area contributed by atoms with Gasteiger partial charge in [-0.2, -0.15) is 0 Å². The highest BCUT2D eigenvalue weighted by Crippen LogP contribution is 2.25. The van der Waals surface area contributed by atoms with Gasteiger partial charge in [-0.3, -0.25) is 0 Å². The average molecular weight is 197 g/mol. The summed E-state index contributed by atoms with van der Waals surface area (Å²) in [4.78, 5) is 0. The van der Waals surface area contributed by atoms with E-state index in [4.69, 9.17) is 21.9 Å². The second-order valence-corrected chi connectivity index (χ2v) is 3.27. The first-order valence-corrected chi connectivity index (χ1v) is 4.42. The Kier molecular flexibility index (Phi) is 2.20. The molecule has 0 fully saturated rings. The van der Waals surface area contributed by atoms with Crippen molar-refractivity contribution in [3.63, 3.8) is 0 Å². The first-order valence-electron chi connectivity index (χ1n) is 4.04. The number of nitrogens with two attached hydrogens (primary N) is 1. The van der Waals surface area contributed by atoms with Gasteiger partial charge in [0.15, 0.2) is 5.58 Å². The minimum absolute atomic E-state index is 0.596. The lowest BCUT2D eigenvalue weighted by Crippen LogP contribution is -2.02. The van der Waals surface area contributed by atoms with E-state index < -0.39 is 0 Å². The molecule has 4 heteroatoms. The first-order chi connectivity index (χ1) is 6.31. The van der Waals surface area contributed by atoms with Crippen LogP contribution in [0.1, 0.15) is 5.56 Å². The number of nitrogens with zero attached hydrogens (tertiary/aromatic N) is 1. The van der Waals surface area contributed by atoms with Crippen LogP contribution in [0.5, 0.6) is 0 Å². The Morgan fingerprint density at radius 3 is 3.08 bits per heavy atom. The maximum Gasteiger partial charge on any atom is 0.185 e. The third-order valence-electron chi connectivity index (χ3n) is 1.90. The highest BCUT2D eigenvalue weighted by atomic mass is 35.5. The summed E-state index contributed by atoms with van der Waals surface area (Å²) in [5, 5.41) is 5.20. The Bertz CT molecular complexity index is 424. The third kappa shape index (κ3) is 1.53. The van der Waals surface area contributed by atoms with Gasteiger partial charge in [0.05, 0.1) is 11.2 Å². The molecule has 1 aromatic carbocycles. The molecule has 0 aliphatic heterocycles. The molecular weight excluding hydrogens is 188 g/mol. The molecule has 2 N–H and O–H groups in total. The van der Waals surface area contributed by atoms with Gasteiger partial charge in [-0.05, 0) is 30.7 Å². The van der Waals surface area contributed by atoms with Crippen LogP contribution in [0.15, 0.2) is 22.9 Å². The Morgan fingerprint density at radius 1 is 1.46 bits per heavy atom. The van der Waals surface area contributed by atoms with E-state index in [1.807, 2.05) is 12.1 Å². The van der Waals surface area contributed by atoms with Gasteiger partial charge in [0, 0.05) is 5.39 Å². The van der Waals surface area contributed by atoms with E-state index in [9.17, 15) is 0 Å². The topological polar surface area (TPSA) is 52.0 Å². The number of rotatable bonds is 2. The van der Waals surface area contributed by atoms with Crippen LogP contribution >= 0.6 is 11.6 Å². The van der Waals surface area contributed by atoms with Gasteiger partial charge in [-0.25, -0.2) is 0 Å². The van der Waals surface area contributed by atoms with E-state index in [0.717, 1.165) is 17.4 Å². The van der Waals surface area contributed by atoms with Gasteiger partial charge in [0.2, 0.25) is 0 Å². The smallest absolute Gasteiger partial charge is 0.185 e. The van der Waals surface area contributed by atoms with Crippen molar-refractivity contribution in [3.05, 3.63) is 28.9 Å². The summed E-state index contributed by atoms with van der Waals surface area (Å²) in [6, 6.07) is 3.85. The lowest BCUT2D eigenvalue weighted by atomic mass is 10.1. The van der Waals surface area contributed by atoms with Crippen LogP contribution in [-0.2, 0) is 6.42 Å². The molecule has 68 valence electrons. The monoisotopic (exact) mass is 196 g/mol. The predicted molar refractivity (Wildman–Crippen MR) is 51.8 cm³/mol. The molecule has 2 rings (SSSR count). The Labute approximate surface area is 80.5 Å². The standard InChI is InChI=1S/C9H9ClN2O/c10-8-4-6(1-2-11)3-7-5-12-13-9(7)8/h3-5H,1-2,11H2. The largest absolute Gasteiger partial charge is 0.355 e. The van der Waals surface area contributed by atoms with Gasteiger partial charge >= 0.3 is 0 Å². The van der Waals surface area contributed by atoms with Crippen molar-refractivity contribution < 1.29 is 4.52 Å². The average Bonchev–Trinajstić information content (AvgIpc) is 2.53. The van der Waals surface area contributed by atoms with Crippen molar-refractivity contribution in [2.75, 3.05) is 6.54 Å². The summed E-state index contributed by atoms with van der Waals surface area (Å²) >= 11 is 5.96. The van der Waals surface area contributed by atoms with Gasteiger partial charge in [-0.1, -0.05) is 16.8 Å². The summed E-state index contributed by atoms with van der Waals surface area (Å²) < 4.78 is 4.97. The van der Waals surface area contributed by atoms with E-state index in [1.165, 1.54) is 0 Å². The lowest BCUT2D eigenvalue weighted by Gasteiger charge is -1.98. The molecule has 0 unspecified atom stereocenters. The Morgan fingerprint density at radius 2 is 2.31 bits per heavy atom. The summed E-state index contributed by atoms with van der Waals surface area (Å²) in [5.41, 5.74) is 7.20. The molecule has 3 nitrogen and oxygen atoms in total. The molecule has 0 saturated heterocycles. The Hall–Kier alpha value is -1.06. The molecule has 0 atom stereocenters. The molecule has 13 heavy (non-hydrogen) atoms. The van der Waals surface area contributed by atoms with E-state index >= 15 is 0 Å². The number of fused-ring (bicyclic) bond motifs is 1. The fourth-order valence-corrected chi connectivity index (χ4v) is 1.60. The van der Waals surface area contributed by atoms with Crippen molar-refractivity contribution >= 4 is 22.6 Å². The van der Waals surface area contributed by atoms with Gasteiger partial charge in [-0.15, -0.1) is 0 Å². The van der Waals surface area contributed by atoms with E-state index in [1.54, 1.807) is 6.20 Å². The normalized spacial score (nSPS) is 10.9. The van der Waals surface area contributed by atoms with Crippen LogP contribution < -0.4 is 5.73 Å². The van der Waals surface area contributed by atoms with Crippen LogP contribution in [0.25, 0.3) is 11.0 Å². The zero-order chi connectivity index (χ0) is 9.26. The SMILES string of the molecule is NCCc1cc(Cl)c2oncc2c1. The van der Waals surface area contributed by atoms with Gasteiger partial charge in [0.25, 0.3) is 0 Å². The quantitative estimate of drug-likeness (QED) is 0.799. The predicted octanol–water partition coefficient (Wildman–Crippen LogP) is 1.98. The van der Waals surface area contributed by atoms with Gasteiger partial charge < -0.3 is 10.3 Å². The molecular formula is C9H9ClN2O. The van der Waals surface area contributed by atoms with Crippen molar-refractivity contribution in [3.8, 4) is 0 Å². The summed E-state index contributed by atoms with van der Waals surface area (Å²) in [7, 11) is 0. The van der Waals surface area contributed by atoms with E-state index in [2.05, 4.69) is 5.16 Å². The van der Waals surface area contributed by atoms with Crippen LogP contribution in [0.4, 0.5) is 0 Å². The fourth-order valence-electron chi connectivity index (χ4n) is 1.31. The van der Waals surface area contributed by atoms with E-state index in [-0.39, 0.29) is 0 Å². The third-order valence-corrected chi connectivity index (χ3v) is 2.18. The molecule has 2 aromatic rings.